The van der Waals surface area contributed by atoms with E-state index >= 15 is 0 Å². The quantitative estimate of drug-likeness (QED) is 0.0373. The Morgan fingerprint density at radius 1 is 0.289 bits per heavy atom. The van der Waals surface area contributed by atoms with Crippen LogP contribution in [0.5, 0.6) is 0 Å². The van der Waals surface area contributed by atoms with Crippen LogP contribution in [0.2, 0.25) is 0 Å². The molecule has 0 saturated heterocycles. The summed E-state index contributed by atoms with van der Waals surface area (Å²) in [6.45, 7) is 4.22. The molecule has 0 radical (unpaired) electrons. The van der Waals surface area contributed by atoms with Gasteiger partial charge in [0.05, 0.1) is 6.61 Å². The van der Waals surface area contributed by atoms with Gasteiger partial charge in [-0.05, 0) is 38.5 Å². The minimum Gasteiger partial charge on any atom is -0.462 e. The molecule has 0 bridgehead atoms. The summed E-state index contributed by atoms with van der Waals surface area (Å²) in [5, 5.41) is 9.70. The van der Waals surface area contributed by atoms with Gasteiger partial charge in [-0.1, -0.05) is 373 Å². The average molecular weight is 1070 g/mol. The highest BCUT2D eigenvalue weighted by molar-refractivity contribution is 5.70. The van der Waals surface area contributed by atoms with Crippen LogP contribution < -0.4 is 0 Å². The predicted octanol–water partition coefficient (Wildman–Crippen LogP) is 24.2. The molecule has 0 aromatic heterocycles. The van der Waals surface area contributed by atoms with Gasteiger partial charge in [0.15, 0.2) is 6.10 Å². The second kappa shape index (κ2) is 67.9. The van der Waals surface area contributed by atoms with Crippen LogP contribution in [-0.4, -0.2) is 36.4 Å². The standard InChI is InChI=1S/C71H138O5/c1-3-5-7-9-11-13-15-17-19-21-23-25-27-29-31-33-34-35-36-38-40-42-44-46-48-50-52-54-56-58-60-62-64-66-71(74)76-69(67-72)68-75-70(73)65-63-61-59-57-55-53-51-49-47-45-43-41-39-37-32-30-28-26-24-22-20-18-16-14-12-10-8-6-4-2/h21,23,69,72H,3-20,22,24-68H2,1-2H3/b23-21-. The van der Waals surface area contributed by atoms with Crippen LogP contribution in [0.4, 0.5) is 0 Å². The van der Waals surface area contributed by atoms with Crippen LogP contribution in [0.25, 0.3) is 0 Å². The molecule has 0 heterocycles. The molecule has 1 atom stereocenters. The molecule has 5 nitrogen and oxygen atoms in total. The molecule has 0 aliphatic carbocycles. The third-order valence-electron chi connectivity index (χ3n) is 16.6. The molecule has 452 valence electrons. The second-order valence-corrected chi connectivity index (χ2v) is 24.3. The fourth-order valence-corrected chi connectivity index (χ4v) is 11.3. The number of unbranched alkanes of at least 4 members (excludes halogenated alkanes) is 57. The van der Waals surface area contributed by atoms with Crippen LogP contribution >= 0.6 is 0 Å². The van der Waals surface area contributed by atoms with E-state index in [0.717, 1.165) is 32.1 Å². The molecule has 0 saturated carbocycles. The summed E-state index contributed by atoms with van der Waals surface area (Å²) < 4.78 is 10.8. The first-order valence-corrected chi connectivity index (χ1v) is 35.2. The molecule has 1 unspecified atom stereocenters. The number of carbonyl (C=O) groups excluding carboxylic acids is 2. The lowest BCUT2D eigenvalue weighted by Crippen LogP contribution is -2.28. The second-order valence-electron chi connectivity index (χ2n) is 24.3. The largest absolute Gasteiger partial charge is 0.462 e. The Morgan fingerprint density at radius 2 is 0.487 bits per heavy atom. The maximum absolute atomic E-state index is 12.4. The van der Waals surface area contributed by atoms with Gasteiger partial charge in [0, 0.05) is 12.8 Å². The van der Waals surface area contributed by atoms with E-state index in [1.807, 2.05) is 0 Å². The Balaban J connectivity index is 3.36. The zero-order valence-electron chi connectivity index (χ0n) is 52.1. The Labute approximate surface area is 477 Å². The molecule has 0 aromatic carbocycles. The number of aliphatic hydroxyl groups excluding tert-OH is 1. The van der Waals surface area contributed by atoms with Crippen molar-refractivity contribution in [2.75, 3.05) is 13.2 Å². The molecule has 0 aliphatic heterocycles. The Bertz CT molecular complexity index is 1120. The third-order valence-corrected chi connectivity index (χ3v) is 16.6. The van der Waals surface area contributed by atoms with Crippen molar-refractivity contribution in [1.29, 1.82) is 0 Å². The molecule has 0 amide bonds. The molecule has 5 heteroatoms. The van der Waals surface area contributed by atoms with Gasteiger partial charge < -0.3 is 14.6 Å². The highest BCUT2D eigenvalue weighted by atomic mass is 16.6. The fourth-order valence-electron chi connectivity index (χ4n) is 11.3. The number of aliphatic hydroxyl groups is 1. The molecule has 0 fully saturated rings. The van der Waals surface area contributed by atoms with E-state index in [1.54, 1.807) is 0 Å². The molecule has 76 heavy (non-hydrogen) atoms. The van der Waals surface area contributed by atoms with Crippen molar-refractivity contribution in [3.8, 4) is 0 Å². The molecule has 0 rings (SSSR count). The number of hydrogen-bond acceptors (Lipinski definition) is 5. The number of carbonyl (C=O) groups is 2. The van der Waals surface area contributed by atoms with Crippen molar-refractivity contribution in [3.63, 3.8) is 0 Å². The molecular formula is C71H138O5. The molecule has 0 aliphatic rings. The lowest BCUT2D eigenvalue weighted by atomic mass is 10.0. The minimum atomic E-state index is -0.767. The van der Waals surface area contributed by atoms with E-state index in [-0.39, 0.29) is 25.2 Å². The van der Waals surface area contributed by atoms with Gasteiger partial charge >= 0.3 is 11.9 Å². The number of allylic oxidation sites excluding steroid dienone is 2. The molecule has 0 spiro atoms. The van der Waals surface area contributed by atoms with Crippen LogP contribution in [0.3, 0.4) is 0 Å². The Kier molecular flexibility index (Phi) is 66.7. The van der Waals surface area contributed by atoms with Gasteiger partial charge in [-0.2, -0.15) is 0 Å². The van der Waals surface area contributed by atoms with E-state index in [0.29, 0.717) is 12.8 Å². The summed E-state index contributed by atoms with van der Waals surface area (Å²) in [4.78, 5) is 24.6. The van der Waals surface area contributed by atoms with Crippen LogP contribution in [0, 0.1) is 0 Å². The highest BCUT2D eigenvalue weighted by Gasteiger charge is 2.16. The van der Waals surface area contributed by atoms with Crippen LogP contribution in [0.15, 0.2) is 12.2 Å². The lowest BCUT2D eigenvalue weighted by Gasteiger charge is -2.15. The summed E-state index contributed by atoms with van der Waals surface area (Å²) in [5.41, 5.74) is 0. The predicted molar refractivity (Wildman–Crippen MR) is 335 cm³/mol. The topological polar surface area (TPSA) is 72.8 Å². The fraction of sp³-hybridized carbons (Fsp3) is 0.944. The van der Waals surface area contributed by atoms with Gasteiger partial charge in [0.2, 0.25) is 0 Å². The smallest absolute Gasteiger partial charge is 0.306 e. The molecular weight excluding hydrogens is 933 g/mol. The van der Waals surface area contributed by atoms with Crippen LogP contribution in [-0.2, 0) is 19.1 Å². The Morgan fingerprint density at radius 3 is 0.711 bits per heavy atom. The van der Waals surface area contributed by atoms with E-state index < -0.39 is 6.10 Å². The minimum absolute atomic E-state index is 0.0565. The van der Waals surface area contributed by atoms with E-state index in [2.05, 4.69) is 26.0 Å². The summed E-state index contributed by atoms with van der Waals surface area (Å²) in [6, 6.07) is 0. The summed E-state index contributed by atoms with van der Waals surface area (Å²) in [5.74, 6) is -0.560. The summed E-state index contributed by atoms with van der Waals surface area (Å²) in [6.07, 6.45) is 86.9. The van der Waals surface area contributed by atoms with Crippen molar-refractivity contribution in [2.24, 2.45) is 0 Å². The molecule has 0 aromatic rings. The number of rotatable bonds is 67. The van der Waals surface area contributed by atoms with Gasteiger partial charge in [-0.3, -0.25) is 9.59 Å². The van der Waals surface area contributed by atoms with Crippen molar-refractivity contribution in [2.45, 2.75) is 418 Å². The van der Waals surface area contributed by atoms with Gasteiger partial charge in [-0.25, -0.2) is 0 Å². The number of esters is 2. The highest BCUT2D eigenvalue weighted by Crippen LogP contribution is 2.19. The van der Waals surface area contributed by atoms with Crippen molar-refractivity contribution >= 4 is 11.9 Å². The maximum Gasteiger partial charge on any atom is 0.306 e. The van der Waals surface area contributed by atoms with E-state index in [9.17, 15) is 14.7 Å². The van der Waals surface area contributed by atoms with E-state index in [1.165, 1.54) is 353 Å². The number of ether oxygens (including phenoxy) is 2. The third kappa shape index (κ3) is 65.2. The zero-order chi connectivity index (χ0) is 54.8. The molecule has 1 N–H and O–H groups in total. The van der Waals surface area contributed by atoms with Gasteiger partial charge in [-0.15, -0.1) is 0 Å². The SMILES string of the molecule is CCCCCCCCCC/C=C\CCCCCCCCCCCCCCCCCCCCCCCC(=O)OC(CO)COC(=O)CCCCCCCCCCCCCCCCCCCCCCCCCCCCCCC. The maximum atomic E-state index is 12.4. The zero-order valence-corrected chi connectivity index (χ0v) is 52.1. The van der Waals surface area contributed by atoms with Crippen molar-refractivity contribution in [1.82, 2.24) is 0 Å². The van der Waals surface area contributed by atoms with Gasteiger partial charge in [0.1, 0.15) is 6.61 Å². The van der Waals surface area contributed by atoms with E-state index in [4.69, 9.17) is 9.47 Å². The Hall–Kier alpha value is -1.36. The first-order chi connectivity index (χ1) is 37.6. The average Bonchev–Trinajstić information content (AvgIpc) is 3.42. The summed E-state index contributed by atoms with van der Waals surface area (Å²) in [7, 11) is 0. The lowest BCUT2D eigenvalue weighted by molar-refractivity contribution is -0.161. The van der Waals surface area contributed by atoms with Gasteiger partial charge in [0.25, 0.3) is 0 Å². The number of hydrogen-bond donors (Lipinski definition) is 1. The first kappa shape index (κ1) is 74.6. The normalized spacial score (nSPS) is 12.1. The monoisotopic (exact) mass is 1070 g/mol. The van der Waals surface area contributed by atoms with Crippen LogP contribution in [0.1, 0.15) is 412 Å². The summed E-state index contributed by atoms with van der Waals surface area (Å²) >= 11 is 0. The van der Waals surface area contributed by atoms with Crippen molar-refractivity contribution in [3.05, 3.63) is 12.2 Å². The van der Waals surface area contributed by atoms with Crippen molar-refractivity contribution < 1.29 is 24.2 Å². The first-order valence-electron chi connectivity index (χ1n) is 35.2.